The molecule has 0 bridgehead atoms. The molecule has 1 heterocycles. The Kier molecular flexibility index (Phi) is 4.39. The first kappa shape index (κ1) is 12.3. The average Bonchev–Trinajstić information content (AvgIpc) is 2.16. The number of amides is 2. The van der Waals surface area contributed by atoms with E-state index in [1.807, 2.05) is 18.7 Å². The lowest BCUT2D eigenvalue weighted by Gasteiger charge is -2.39. The molecule has 1 rings (SSSR count). The number of rotatable bonds is 2. The van der Waals surface area contributed by atoms with E-state index in [0.29, 0.717) is 6.04 Å². The van der Waals surface area contributed by atoms with E-state index >= 15 is 0 Å². The number of carbonyl (C=O) groups excluding carboxylic acids is 1. The summed E-state index contributed by atoms with van der Waals surface area (Å²) in [5, 5.41) is 2.93. The first-order valence-corrected chi connectivity index (χ1v) is 5.84. The molecule has 1 unspecified atom stereocenters. The van der Waals surface area contributed by atoms with Crippen LogP contribution in [0.2, 0.25) is 0 Å². The highest BCUT2D eigenvalue weighted by molar-refractivity contribution is 5.74. The number of nitrogens with zero attached hydrogens (tertiary/aromatic N) is 2. The fourth-order valence-electron chi connectivity index (χ4n) is 1.99. The minimum atomic E-state index is 0.0765. The number of likely N-dealkylation sites (N-methyl/N-ethyl adjacent to an activating group) is 1. The molecule has 0 radical (unpaired) electrons. The summed E-state index contributed by atoms with van der Waals surface area (Å²) in [4.78, 5) is 16.1. The minimum Gasteiger partial charge on any atom is -0.336 e. The molecular formula is C11H23N3O. The highest BCUT2D eigenvalue weighted by Gasteiger charge is 2.25. The molecule has 1 N–H and O–H groups in total. The first-order chi connectivity index (χ1) is 7.04. The van der Waals surface area contributed by atoms with Crippen LogP contribution in [-0.4, -0.2) is 54.1 Å². The number of urea groups is 1. The van der Waals surface area contributed by atoms with Crippen LogP contribution in [0.5, 0.6) is 0 Å². The normalized spacial score (nSPS) is 23.3. The third-order valence-corrected chi connectivity index (χ3v) is 2.87. The summed E-state index contributed by atoms with van der Waals surface area (Å²) < 4.78 is 0. The van der Waals surface area contributed by atoms with Gasteiger partial charge < -0.3 is 10.2 Å². The predicted molar refractivity (Wildman–Crippen MR) is 61.9 cm³/mol. The highest BCUT2D eigenvalue weighted by atomic mass is 16.2. The standard InChI is InChI=1S/C11H23N3O/c1-5-13-6-7-14(8-10(13)4)11(15)12-9(2)3/h9-10H,5-8H2,1-4H3,(H,12,15). The molecule has 88 valence electrons. The monoisotopic (exact) mass is 213 g/mol. The van der Waals surface area contributed by atoms with Gasteiger partial charge in [0.2, 0.25) is 0 Å². The maximum atomic E-state index is 11.7. The van der Waals surface area contributed by atoms with Gasteiger partial charge in [0.25, 0.3) is 0 Å². The van der Waals surface area contributed by atoms with E-state index in [1.165, 1.54) is 0 Å². The molecule has 15 heavy (non-hydrogen) atoms. The van der Waals surface area contributed by atoms with Crippen molar-refractivity contribution >= 4 is 6.03 Å². The second-order valence-electron chi connectivity index (χ2n) is 4.53. The van der Waals surface area contributed by atoms with Gasteiger partial charge in [0, 0.05) is 31.7 Å². The topological polar surface area (TPSA) is 35.6 Å². The fraction of sp³-hybridized carbons (Fsp3) is 0.909. The highest BCUT2D eigenvalue weighted by Crippen LogP contribution is 2.08. The molecule has 1 aliphatic rings. The zero-order chi connectivity index (χ0) is 11.4. The van der Waals surface area contributed by atoms with Crippen LogP contribution < -0.4 is 5.32 Å². The summed E-state index contributed by atoms with van der Waals surface area (Å²) >= 11 is 0. The van der Waals surface area contributed by atoms with Crippen molar-refractivity contribution in [1.29, 1.82) is 0 Å². The molecule has 2 amide bonds. The summed E-state index contributed by atoms with van der Waals surface area (Å²) in [6.45, 7) is 12.1. The molecule has 0 aromatic rings. The Bertz CT molecular complexity index is 218. The quantitative estimate of drug-likeness (QED) is 0.746. The van der Waals surface area contributed by atoms with Crippen molar-refractivity contribution in [2.24, 2.45) is 0 Å². The number of piperazine rings is 1. The third-order valence-electron chi connectivity index (χ3n) is 2.87. The van der Waals surface area contributed by atoms with Crippen LogP contribution in [0.15, 0.2) is 0 Å². The third kappa shape index (κ3) is 3.38. The Morgan fingerprint density at radius 3 is 2.60 bits per heavy atom. The summed E-state index contributed by atoms with van der Waals surface area (Å²) in [6.07, 6.45) is 0. The molecule has 0 saturated carbocycles. The van der Waals surface area contributed by atoms with Crippen LogP contribution in [0.3, 0.4) is 0 Å². The largest absolute Gasteiger partial charge is 0.336 e. The Hall–Kier alpha value is -0.770. The summed E-state index contributed by atoms with van der Waals surface area (Å²) in [7, 11) is 0. The maximum Gasteiger partial charge on any atom is 0.317 e. The van der Waals surface area contributed by atoms with E-state index in [2.05, 4.69) is 24.1 Å². The van der Waals surface area contributed by atoms with E-state index in [9.17, 15) is 4.79 Å². The lowest BCUT2D eigenvalue weighted by molar-refractivity contribution is 0.102. The van der Waals surface area contributed by atoms with Gasteiger partial charge >= 0.3 is 6.03 Å². The number of carbonyl (C=O) groups is 1. The zero-order valence-corrected chi connectivity index (χ0v) is 10.3. The smallest absolute Gasteiger partial charge is 0.317 e. The van der Waals surface area contributed by atoms with Gasteiger partial charge in [-0.15, -0.1) is 0 Å². The van der Waals surface area contributed by atoms with Crippen molar-refractivity contribution in [3.8, 4) is 0 Å². The molecule has 0 aromatic carbocycles. The molecule has 0 spiro atoms. The van der Waals surface area contributed by atoms with Crippen LogP contribution >= 0.6 is 0 Å². The number of hydrogen-bond acceptors (Lipinski definition) is 2. The van der Waals surface area contributed by atoms with Gasteiger partial charge in [0.1, 0.15) is 0 Å². The molecule has 4 heteroatoms. The SMILES string of the molecule is CCN1CCN(C(=O)NC(C)C)CC1C. The second-order valence-corrected chi connectivity index (χ2v) is 4.53. The lowest BCUT2D eigenvalue weighted by Crippen LogP contribution is -2.56. The molecule has 0 aromatic heterocycles. The minimum absolute atomic E-state index is 0.0765. The fourth-order valence-corrected chi connectivity index (χ4v) is 1.99. The molecular weight excluding hydrogens is 190 g/mol. The first-order valence-electron chi connectivity index (χ1n) is 5.84. The predicted octanol–water partition coefficient (Wildman–Crippen LogP) is 1.13. The van der Waals surface area contributed by atoms with Crippen molar-refractivity contribution in [1.82, 2.24) is 15.1 Å². The Labute approximate surface area is 92.6 Å². The lowest BCUT2D eigenvalue weighted by atomic mass is 10.2. The van der Waals surface area contributed by atoms with Crippen LogP contribution in [0, 0.1) is 0 Å². The summed E-state index contributed by atoms with van der Waals surface area (Å²) in [5.74, 6) is 0. The van der Waals surface area contributed by atoms with Gasteiger partial charge in [-0.1, -0.05) is 6.92 Å². The number of nitrogens with one attached hydrogen (secondary N) is 1. The molecule has 1 atom stereocenters. The van der Waals surface area contributed by atoms with E-state index in [4.69, 9.17) is 0 Å². The van der Waals surface area contributed by atoms with Crippen LogP contribution in [-0.2, 0) is 0 Å². The van der Waals surface area contributed by atoms with Crippen molar-refractivity contribution in [3.05, 3.63) is 0 Å². The van der Waals surface area contributed by atoms with Crippen LogP contribution in [0.4, 0.5) is 4.79 Å². The van der Waals surface area contributed by atoms with Crippen LogP contribution in [0.1, 0.15) is 27.7 Å². The van der Waals surface area contributed by atoms with Gasteiger partial charge in [-0.3, -0.25) is 4.90 Å². The van der Waals surface area contributed by atoms with E-state index in [0.717, 1.165) is 26.2 Å². The molecule has 1 saturated heterocycles. The molecule has 0 aliphatic carbocycles. The molecule has 1 aliphatic heterocycles. The van der Waals surface area contributed by atoms with Crippen molar-refractivity contribution < 1.29 is 4.79 Å². The van der Waals surface area contributed by atoms with Gasteiger partial charge in [-0.05, 0) is 27.3 Å². The van der Waals surface area contributed by atoms with Crippen LogP contribution in [0.25, 0.3) is 0 Å². The summed E-state index contributed by atoms with van der Waals surface area (Å²) in [6, 6.07) is 0.770. The Balaban J connectivity index is 2.43. The van der Waals surface area contributed by atoms with E-state index in [-0.39, 0.29) is 12.1 Å². The van der Waals surface area contributed by atoms with Crippen molar-refractivity contribution in [2.45, 2.75) is 39.8 Å². The average molecular weight is 213 g/mol. The maximum absolute atomic E-state index is 11.7. The van der Waals surface area contributed by atoms with Crippen molar-refractivity contribution in [2.75, 3.05) is 26.2 Å². The second kappa shape index (κ2) is 5.35. The van der Waals surface area contributed by atoms with E-state index in [1.54, 1.807) is 0 Å². The zero-order valence-electron chi connectivity index (χ0n) is 10.3. The number of hydrogen-bond donors (Lipinski definition) is 1. The van der Waals surface area contributed by atoms with Crippen molar-refractivity contribution in [3.63, 3.8) is 0 Å². The van der Waals surface area contributed by atoms with Gasteiger partial charge in [0.15, 0.2) is 0 Å². The van der Waals surface area contributed by atoms with Gasteiger partial charge in [0.05, 0.1) is 0 Å². The molecule has 1 fully saturated rings. The van der Waals surface area contributed by atoms with Gasteiger partial charge in [-0.2, -0.15) is 0 Å². The Morgan fingerprint density at radius 2 is 2.13 bits per heavy atom. The Morgan fingerprint density at radius 1 is 1.47 bits per heavy atom. The van der Waals surface area contributed by atoms with Gasteiger partial charge in [-0.25, -0.2) is 4.79 Å². The van der Waals surface area contributed by atoms with E-state index < -0.39 is 0 Å². The molecule has 4 nitrogen and oxygen atoms in total. The summed E-state index contributed by atoms with van der Waals surface area (Å²) in [5.41, 5.74) is 0.